The van der Waals surface area contributed by atoms with Crippen molar-refractivity contribution in [3.63, 3.8) is 0 Å². The predicted octanol–water partition coefficient (Wildman–Crippen LogP) is 3.56. The number of ether oxygens (including phenoxy) is 2. The maximum atomic E-state index is 12.2. The third-order valence-corrected chi connectivity index (χ3v) is 4.61. The van der Waals surface area contributed by atoms with Gasteiger partial charge in [-0.3, -0.25) is 9.69 Å². The number of hydrogen-bond donors (Lipinski definition) is 0. The summed E-state index contributed by atoms with van der Waals surface area (Å²) in [6.45, 7) is 2.34. The molecule has 2 aliphatic heterocycles. The molecule has 0 spiro atoms. The molecular formula is C19H16N2O3S. The number of carbonyl (C=O) groups excluding carboxylic acids is 1. The van der Waals surface area contributed by atoms with Gasteiger partial charge in [-0.25, -0.2) is 0 Å². The average Bonchev–Trinajstić information content (AvgIpc) is 3.09. The van der Waals surface area contributed by atoms with Gasteiger partial charge >= 0.3 is 0 Å². The molecule has 126 valence electrons. The average molecular weight is 352 g/mol. The lowest BCUT2D eigenvalue weighted by Gasteiger charge is -2.12. The molecule has 0 bridgehead atoms. The lowest BCUT2D eigenvalue weighted by Crippen LogP contribution is -2.27. The number of likely N-dealkylation sites (N-methyl/N-ethyl adjacent to an activating group) is 1. The number of thiocarbonyl (C=S) groups is 1. The van der Waals surface area contributed by atoms with Crippen LogP contribution in [0.1, 0.15) is 6.92 Å². The Morgan fingerprint density at radius 1 is 1.12 bits per heavy atom. The molecule has 5 nitrogen and oxygen atoms in total. The summed E-state index contributed by atoms with van der Waals surface area (Å²) in [5.74, 6) is 1.39. The van der Waals surface area contributed by atoms with Crippen LogP contribution in [-0.4, -0.2) is 29.6 Å². The van der Waals surface area contributed by atoms with Crippen molar-refractivity contribution in [1.82, 2.24) is 4.90 Å². The first-order valence-electron chi connectivity index (χ1n) is 7.99. The molecule has 2 heterocycles. The van der Waals surface area contributed by atoms with E-state index in [-0.39, 0.29) is 16.8 Å². The van der Waals surface area contributed by atoms with Crippen molar-refractivity contribution in [2.24, 2.45) is 0 Å². The second kappa shape index (κ2) is 5.89. The fourth-order valence-electron chi connectivity index (χ4n) is 3.03. The highest BCUT2D eigenvalue weighted by Gasteiger charge is 2.32. The minimum atomic E-state index is -0.229. The van der Waals surface area contributed by atoms with Gasteiger partial charge in [0.15, 0.2) is 11.5 Å². The Hall–Kier alpha value is -2.86. The molecule has 0 radical (unpaired) electrons. The zero-order chi connectivity index (χ0) is 17.6. The Morgan fingerprint density at radius 3 is 2.68 bits per heavy atom. The number of amides is 1. The Bertz CT molecular complexity index is 964. The van der Waals surface area contributed by atoms with Crippen LogP contribution < -0.4 is 9.64 Å². The van der Waals surface area contributed by atoms with Gasteiger partial charge < -0.3 is 14.4 Å². The standard InChI is InChI=1S/C19H16N2O3S/c1-3-21-18(22)15(24-19(21)25)10-11-16-20(2)17-13-7-5-4-6-12(13)8-9-14(17)23-16/h4-11H,3H2,1-2H3/b15-10-,16-11+. The van der Waals surface area contributed by atoms with Crippen molar-refractivity contribution in [3.05, 3.63) is 60.2 Å². The van der Waals surface area contributed by atoms with E-state index in [2.05, 4.69) is 12.1 Å². The fourth-order valence-corrected chi connectivity index (χ4v) is 3.34. The normalized spacial score (nSPS) is 19.8. The summed E-state index contributed by atoms with van der Waals surface area (Å²) in [5.41, 5.74) is 1.01. The Morgan fingerprint density at radius 2 is 1.92 bits per heavy atom. The number of allylic oxidation sites excluding steroid dienone is 2. The van der Waals surface area contributed by atoms with Gasteiger partial charge in [-0.1, -0.05) is 30.3 Å². The summed E-state index contributed by atoms with van der Waals surface area (Å²) in [6, 6.07) is 12.1. The molecule has 1 saturated heterocycles. The van der Waals surface area contributed by atoms with Crippen molar-refractivity contribution >= 4 is 39.8 Å². The topological polar surface area (TPSA) is 42.0 Å². The Kier molecular flexibility index (Phi) is 3.69. The van der Waals surface area contributed by atoms with Gasteiger partial charge in [0.1, 0.15) is 0 Å². The van der Waals surface area contributed by atoms with Crippen molar-refractivity contribution in [1.29, 1.82) is 0 Å². The van der Waals surface area contributed by atoms with Gasteiger partial charge in [-0.2, -0.15) is 0 Å². The summed E-state index contributed by atoms with van der Waals surface area (Å²) in [4.78, 5) is 15.6. The highest BCUT2D eigenvalue weighted by atomic mass is 32.1. The van der Waals surface area contributed by atoms with Gasteiger partial charge in [0, 0.05) is 25.1 Å². The van der Waals surface area contributed by atoms with Crippen LogP contribution in [0.5, 0.6) is 5.75 Å². The SMILES string of the molecule is CCN1C(=O)/C(=C/C=C2/Oc3ccc4ccccc4c3N2C)OC1=S. The van der Waals surface area contributed by atoms with Crippen LogP contribution in [0, 0.1) is 0 Å². The summed E-state index contributed by atoms with van der Waals surface area (Å²) < 4.78 is 11.3. The number of carbonyl (C=O) groups is 1. The first kappa shape index (κ1) is 15.7. The van der Waals surface area contributed by atoms with Crippen molar-refractivity contribution < 1.29 is 14.3 Å². The van der Waals surface area contributed by atoms with E-state index >= 15 is 0 Å². The summed E-state index contributed by atoms with van der Waals surface area (Å²) in [5, 5.41) is 2.45. The zero-order valence-electron chi connectivity index (χ0n) is 13.9. The molecule has 25 heavy (non-hydrogen) atoms. The molecule has 0 aliphatic carbocycles. The monoisotopic (exact) mass is 352 g/mol. The largest absolute Gasteiger partial charge is 0.439 e. The maximum absolute atomic E-state index is 12.2. The summed E-state index contributed by atoms with van der Waals surface area (Å²) >= 11 is 5.06. The van der Waals surface area contributed by atoms with Crippen LogP contribution in [0.25, 0.3) is 10.8 Å². The fraction of sp³-hybridized carbons (Fsp3) is 0.158. The van der Waals surface area contributed by atoms with Crippen LogP contribution in [0.4, 0.5) is 5.69 Å². The molecule has 4 rings (SSSR count). The molecule has 2 aromatic carbocycles. The molecule has 0 aromatic heterocycles. The lowest BCUT2D eigenvalue weighted by molar-refractivity contribution is -0.122. The molecule has 6 heteroatoms. The number of hydrogen-bond acceptors (Lipinski definition) is 5. The van der Waals surface area contributed by atoms with Crippen LogP contribution in [0.3, 0.4) is 0 Å². The van der Waals surface area contributed by atoms with Crippen molar-refractivity contribution in [2.75, 3.05) is 18.5 Å². The molecule has 0 N–H and O–H groups in total. The third-order valence-electron chi connectivity index (χ3n) is 4.31. The van der Waals surface area contributed by atoms with Gasteiger partial charge in [0.25, 0.3) is 11.1 Å². The molecule has 0 atom stereocenters. The molecule has 2 aliphatic rings. The second-order valence-corrected chi connectivity index (χ2v) is 6.10. The van der Waals surface area contributed by atoms with Crippen LogP contribution in [0.15, 0.2) is 60.2 Å². The van der Waals surface area contributed by atoms with Gasteiger partial charge in [0.2, 0.25) is 5.88 Å². The van der Waals surface area contributed by atoms with E-state index in [1.165, 1.54) is 4.90 Å². The van der Waals surface area contributed by atoms with Crippen molar-refractivity contribution in [3.8, 4) is 5.75 Å². The predicted molar refractivity (Wildman–Crippen MR) is 100 cm³/mol. The quantitative estimate of drug-likeness (QED) is 0.611. The first-order chi connectivity index (χ1) is 12.1. The second-order valence-electron chi connectivity index (χ2n) is 5.75. The number of nitrogens with zero attached hydrogens (tertiary/aromatic N) is 2. The van der Waals surface area contributed by atoms with Gasteiger partial charge in [-0.05, 0) is 36.7 Å². The molecular weight excluding hydrogens is 336 g/mol. The summed E-state index contributed by atoms with van der Waals surface area (Å²) in [6.07, 6.45) is 3.33. The summed E-state index contributed by atoms with van der Waals surface area (Å²) in [7, 11) is 1.93. The number of fused-ring (bicyclic) bond motifs is 3. The van der Waals surface area contributed by atoms with E-state index in [1.807, 2.05) is 43.1 Å². The van der Waals surface area contributed by atoms with Crippen LogP contribution >= 0.6 is 12.2 Å². The molecule has 2 aromatic rings. The van der Waals surface area contributed by atoms with E-state index < -0.39 is 0 Å². The van der Waals surface area contributed by atoms with E-state index in [4.69, 9.17) is 21.7 Å². The van der Waals surface area contributed by atoms with Gasteiger partial charge in [-0.15, -0.1) is 0 Å². The van der Waals surface area contributed by atoms with E-state index in [0.29, 0.717) is 12.4 Å². The minimum absolute atomic E-state index is 0.187. The highest BCUT2D eigenvalue weighted by molar-refractivity contribution is 7.80. The third kappa shape index (κ3) is 2.46. The Balaban J connectivity index is 1.68. The number of anilines is 1. The minimum Gasteiger partial charge on any atom is -0.439 e. The zero-order valence-corrected chi connectivity index (χ0v) is 14.7. The van der Waals surface area contributed by atoms with Crippen LogP contribution in [0.2, 0.25) is 0 Å². The number of rotatable bonds is 2. The lowest BCUT2D eigenvalue weighted by atomic mass is 10.1. The Labute approximate surface area is 150 Å². The molecule has 1 amide bonds. The van der Waals surface area contributed by atoms with E-state index in [1.54, 1.807) is 12.2 Å². The van der Waals surface area contributed by atoms with Crippen molar-refractivity contribution in [2.45, 2.75) is 6.92 Å². The molecule has 0 unspecified atom stereocenters. The van der Waals surface area contributed by atoms with E-state index in [9.17, 15) is 4.79 Å². The first-order valence-corrected chi connectivity index (χ1v) is 8.40. The van der Waals surface area contributed by atoms with E-state index in [0.717, 1.165) is 22.2 Å². The van der Waals surface area contributed by atoms with Gasteiger partial charge in [0.05, 0.1) is 5.69 Å². The molecule has 0 saturated carbocycles. The maximum Gasteiger partial charge on any atom is 0.297 e. The number of benzene rings is 2. The molecule has 1 fully saturated rings. The smallest absolute Gasteiger partial charge is 0.297 e. The highest BCUT2D eigenvalue weighted by Crippen LogP contribution is 2.43. The van der Waals surface area contributed by atoms with Crippen LogP contribution in [-0.2, 0) is 9.53 Å².